The third-order valence-electron chi connectivity index (χ3n) is 5.53. The highest BCUT2D eigenvalue weighted by atomic mass is 79.9. The monoisotopic (exact) mass is 592 g/mol. The molecule has 1 aliphatic heterocycles. The molecule has 0 bridgehead atoms. The summed E-state index contributed by atoms with van der Waals surface area (Å²) in [6, 6.07) is 14.6. The van der Waals surface area contributed by atoms with Gasteiger partial charge in [-0.25, -0.2) is 0 Å². The van der Waals surface area contributed by atoms with Gasteiger partial charge in [0.05, 0.1) is 0 Å². The van der Waals surface area contributed by atoms with Crippen LogP contribution in [0.1, 0.15) is 44.9 Å². The molecule has 10 nitrogen and oxygen atoms in total. The summed E-state index contributed by atoms with van der Waals surface area (Å²) in [6.07, 6.45) is -5.64. The van der Waals surface area contributed by atoms with E-state index in [4.69, 9.17) is 28.4 Å². The molecule has 2 aromatic rings. The van der Waals surface area contributed by atoms with E-state index in [1.807, 2.05) is 30.3 Å². The van der Waals surface area contributed by atoms with Gasteiger partial charge in [-0.1, -0.05) is 40.2 Å². The number of benzene rings is 2. The van der Waals surface area contributed by atoms with Crippen LogP contribution in [0.2, 0.25) is 0 Å². The second kappa shape index (κ2) is 13.4. The minimum absolute atomic E-state index is 0.212. The molecule has 1 fully saturated rings. The van der Waals surface area contributed by atoms with Gasteiger partial charge in [0.1, 0.15) is 31.2 Å². The Bertz CT molecular complexity index is 1150. The maximum absolute atomic E-state index is 12.1. The summed E-state index contributed by atoms with van der Waals surface area (Å²) in [6.45, 7) is 4.70. The minimum Gasteiger partial charge on any atom is -0.489 e. The number of rotatable bonds is 9. The zero-order valence-electron chi connectivity index (χ0n) is 21.4. The van der Waals surface area contributed by atoms with Gasteiger partial charge < -0.3 is 28.4 Å². The topological polar surface area (TPSA) is 124 Å². The lowest BCUT2D eigenvalue weighted by Gasteiger charge is -2.44. The van der Waals surface area contributed by atoms with Crippen molar-refractivity contribution in [3.05, 3.63) is 64.1 Å². The Morgan fingerprint density at radius 3 is 2.00 bits per heavy atom. The molecule has 1 saturated heterocycles. The van der Waals surface area contributed by atoms with E-state index in [9.17, 15) is 19.2 Å². The molecule has 0 saturated carbocycles. The summed E-state index contributed by atoms with van der Waals surface area (Å²) < 4.78 is 34.6. The van der Waals surface area contributed by atoms with E-state index in [2.05, 4.69) is 15.9 Å². The molecule has 3 rings (SSSR count). The summed E-state index contributed by atoms with van der Waals surface area (Å²) >= 11 is 3.53. The van der Waals surface area contributed by atoms with Crippen LogP contribution < -0.4 is 4.74 Å². The van der Waals surface area contributed by atoms with Gasteiger partial charge in [-0.05, 0) is 29.8 Å². The summed E-state index contributed by atoms with van der Waals surface area (Å²) in [5.41, 5.74) is 1.33. The number of para-hydroxylation sites is 1. The Morgan fingerprint density at radius 1 is 0.789 bits per heavy atom. The van der Waals surface area contributed by atoms with E-state index in [0.29, 0.717) is 11.3 Å². The van der Waals surface area contributed by atoms with Crippen LogP contribution in [0.15, 0.2) is 53.0 Å². The predicted octanol–water partition coefficient (Wildman–Crippen LogP) is 3.83. The first-order valence-electron chi connectivity index (χ1n) is 11.8. The third-order valence-corrected chi connectivity index (χ3v) is 6.30. The molecule has 0 spiro atoms. The zero-order valence-corrected chi connectivity index (χ0v) is 23.0. The van der Waals surface area contributed by atoms with Gasteiger partial charge in [0.25, 0.3) is 0 Å². The standard InChI is InChI=1S/C27H29BrO10/c1-15(29)33-14-23-25(35-16(2)30)27(37-18(4)32)26(36-17(3)31)24(38-23)19-10-11-22(28)20(12-19)13-34-21-8-6-5-7-9-21/h5-12,23-27H,13-14H2,1-4H3/t23-,24+,25?,26+,27+/m1/s1. The Kier molecular flexibility index (Phi) is 10.3. The molecule has 11 heteroatoms. The average molecular weight is 593 g/mol. The van der Waals surface area contributed by atoms with Gasteiger partial charge in [0.2, 0.25) is 0 Å². The van der Waals surface area contributed by atoms with Crippen molar-refractivity contribution < 1.29 is 47.6 Å². The number of halogens is 1. The molecule has 0 amide bonds. The largest absolute Gasteiger partial charge is 0.489 e. The predicted molar refractivity (Wildman–Crippen MR) is 136 cm³/mol. The average Bonchev–Trinajstić information content (AvgIpc) is 2.84. The van der Waals surface area contributed by atoms with Gasteiger partial charge in [0.15, 0.2) is 18.3 Å². The van der Waals surface area contributed by atoms with E-state index >= 15 is 0 Å². The molecule has 38 heavy (non-hydrogen) atoms. The normalized spacial score (nSPS) is 22.6. The SMILES string of the molecule is CC(=O)OC[C@H]1O[C@@H](c2ccc(Br)c(COc3ccccc3)c2)[C@H](OC(C)=O)[C@@H](OC(C)=O)C1OC(C)=O. The lowest BCUT2D eigenvalue weighted by molar-refractivity contribution is -0.254. The first-order chi connectivity index (χ1) is 18.0. The second-order valence-electron chi connectivity index (χ2n) is 8.57. The first-order valence-corrected chi connectivity index (χ1v) is 12.6. The van der Waals surface area contributed by atoms with E-state index in [1.54, 1.807) is 18.2 Å². The van der Waals surface area contributed by atoms with Gasteiger partial charge >= 0.3 is 23.9 Å². The van der Waals surface area contributed by atoms with Gasteiger partial charge in [-0.3, -0.25) is 19.2 Å². The van der Waals surface area contributed by atoms with Crippen LogP contribution >= 0.6 is 15.9 Å². The quantitative estimate of drug-likeness (QED) is 0.313. The number of hydrogen-bond acceptors (Lipinski definition) is 10. The molecule has 1 unspecified atom stereocenters. The summed E-state index contributed by atoms with van der Waals surface area (Å²) in [5.74, 6) is -1.94. The van der Waals surface area contributed by atoms with Crippen molar-refractivity contribution in [1.29, 1.82) is 0 Å². The number of carbonyl (C=O) groups is 4. The molecule has 5 atom stereocenters. The van der Waals surface area contributed by atoms with E-state index in [0.717, 1.165) is 10.0 Å². The van der Waals surface area contributed by atoms with Crippen molar-refractivity contribution in [3.63, 3.8) is 0 Å². The molecule has 0 aliphatic carbocycles. The van der Waals surface area contributed by atoms with E-state index in [1.165, 1.54) is 27.7 Å². The summed E-state index contributed by atoms with van der Waals surface area (Å²) in [7, 11) is 0. The van der Waals surface area contributed by atoms with E-state index < -0.39 is 54.4 Å². The highest BCUT2D eigenvalue weighted by molar-refractivity contribution is 9.10. The van der Waals surface area contributed by atoms with Crippen LogP contribution in [-0.4, -0.2) is 54.9 Å². The Labute approximate surface area is 228 Å². The highest BCUT2D eigenvalue weighted by Crippen LogP contribution is 2.38. The lowest BCUT2D eigenvalue weighted by atomic mass is 9.90. The fourth-order valence-corrected chi connectivity index (χ4v) is 4.42. The van der Waals surface area contributed by atoms with Crippen LogP contribution in [0.25, 0.3) is 0 Å². The van der Waals surface area contributed by atoms with Crippen LogP contribution in [0.3, 0.4) is 0 Å². The van der Waals surface area contributed by atoms with Crippen LogP contribution in [-0.2, 0) is 49.5 Å². The van der Waals surface area contributed by atoms with Gasteiger partial charge in [-0.2, -0.15) is 0 Å². The van der Waals surface area contributed by atoms with Crippen LogP contribution in [0, 0.1) is 0 Å². The van der Waals surface area contributed by atoms with Crippen LogP contribution in [0.5, 0.6) is 5.75 Å². The third kappa shape index (κ3) is 8.03. The zero-order chi connectivity index (χ0) is 27.8. The summed E-state index contributed by atoms with van der Waals surface area (Å²) in [4.78, 5) is 47.6. The minimum atomic E-state index is -1.24. The molecule has 0 aromatic heterocycles. The van der Waals surface area contributed by atoms with Gasteiger partial charge in [-0.15, -0.1) is 0 Å². The summed E-state index contributed by atoms with van der Waals surface area (Å²) in [5, 5.41) is 0. The van der Waals surface area contributed by atoms with Crippen molar-refractivity contribution in [1.82, 2.24) is 0 Å². The second-order valence-corrected chi connectivity index (χ2v) is 9.43. The number of hydrogen-bond donors (Lipinski definition) is 0. The fourth-order valence-electron chi connectivity index (χ4n) is 4.06. The molecule has 1 heterocycles. The maximum atomic E-state index is 12.1. The van der Waals surface area contributed by atoms with Crippen molar-refractivity contribution in [2.24, 2.45) is 0 Å². The van der Waals surface area contributed by atoms with Crippen molar-refractivity contribution in [2.45, 2.75) is 64.8 Å². The number of carbonyl (C=O) groups excluding carboxylic acids is 4. The molecule has 204 valence electrons. The number of esters is 4. The van der Waals surface area contributed by atoms with Crippen molar-refractivity contribution >= 4 is 39.8 Å². The maximum Gasteiger partial charge on any atom is 0.303 e. The van der Waals surface area contributed by atoms with E-state index in [-0.39, 0.29) is 13.2 Å². The Hall–Kier alpha value is -3.44. The lowest BCUT2D eigenvalue weighted by Crippen LogP contribution is -2.59. The van der Waals surface area contributed by atoms with Crippen molar-refractivity contribution in [3.8, 4) is 5.75 Å². The van der Waals surface area contributed by atoms with Gasteiger partial charge in [0, 0.05) is 37.7 Å². The smallest absolute Gasteiger partial charge is 0.303 e. The Balaban J connectivity index is 2.01. The molecular weight excluding hydrogens is 564 g/mol. The number of ether oxygens (including phenoxy) is 6. The molecule has 0 N–H and O–H groups in total. The molecule has 0 radical (unpaired) electrons. The van der Waals surface area contributed by atoms with Crippen molar-refractivity contribution in [2.75, 3.05) is 6.61 Å². The van der Waals surface area contributed by atoms with Crippen LogP contribution in [0.4, 0.5) is 0 Å². The molecular formula is C27H29BrO10. The molecule has 2 aromatic carbocycles. The molecule has 1 aliphatic rings. The fraction of sp³-hybridized carbons (Fsp3) is 0.407. The Morgan fingerprint density at radius 2 is 1.39 bits per heavy atom. The first kappa shape index (κ1) is 29.1. The highest BCUT2D eigenvalue weighted by Gasteiger charge is 2.52.